The first-order valence-electron chi connectivity index (χ1n) is 18.1. The molecule has 15 heteroatoms. The van der Waals surface area contributed by atoms with Gasteiger partial charge in [0.05, 0.1) is 18.1 Å². The quantitative estimate of drug-likeness (QED) is 0.106. The summed E-state index contributed by atoms with van der Waals surface area (Å²) in [5, 5.41) is 31.4. The zero-order valence-corrected chi connectivity index (χ0v) is 32.0. The van der Waals surface area contributed by atoms with Crippen LogP contribution in [0.25, 0.3) is 0 Å². The maximum Gasteiger partial charge on any atom is 0.414 e. The van der Waals surface area contributed by atoms with E-state index >= 15 is 0 Å². The van der Waals surface area contributed by atoms with Crippen LogP contribution in [-0.2, 0) is 26.1 Å². The molecule has 3 amide bonds. The van der Waals surface area contributed by atoms with Gasteiger partial charge in [-0.2, -0.15) is 0 Å². The van der Waals surface area contributed by atoms with Gasteiger partial charge in [-0.15, -0.1) is 0 Å². The summed E-state index contributed by atoms with van der Waals surface area (Å²) in [4.78, 5) is 43.3. The van der Waals surface area contributed by atoms with Crippen LogP contribution in [0, 0.1) is 10.8 Å². The van der Waals surface area contributed by atoms with Gasteiger partial charge in [0, 0.05) is 51.8 Å². The summed E-state index contributed by atoms with van der Waals surface area (Å²) < 4.78 is 23.8. The number of guanidine groups is 1. The number of aliphatic hydroxyl groups is 1. The number of nitrogens with one attached hydrogen (secondary N) is 5. The van der Waals surface area contributed by atoms with Crippen LogP contribution in [0.2, 0.25) is 0 Å². The molecule has 0 radical (unpaired) electrons. The van der Waals surface area contributed by atoms with E-state index in [9.17, 15) is 19.5 Å². The minimum Gasteiger partial charge on any atom is -0.493 e. The molecule has 1 aromatic rings. The number of benzene rings is 1. The molecule has 0 saturated carbocycles. The number of hydrogen-bond acceptors (Lipinski definition) is 10. The van der Waals surface area contributed by atoms with Crippen molar-refractivity contribution in [1.82, 2.24) is 31.1 Å². The maximum absolute atomic E-state index is 13.7. The molecule has 2 heterocycles. The molecule has 5 rings (SSSR count). The number of amides is 3. The SMILES string of the molecule is CNC(=N)NCCC[C@H](NC(=O)OC(C)(C)C)C(=O)NCC(C)(C)CN(C)C(=O)OC1=CC[C@@]2(O)[C@H]3Cc4ccc(OC)c5c4[C@@]2(CCN3C)[C@H]1O5. The Balaban J connectivity index is 1.23. The summed E-state index contributed by atoms with van der Waals surface area (Å²) in [5.41, 5.74) is -1.15. The fraction of sp³-hybridized carbons (Fsp3) is 0.676. The molecule has 1 aromatic carbocycles. The molecule has 1 fully saturated rings. The molecule has 4 aliphatic rings. The first-order chi connectivity index (χ1) is 24.4. The van der Waals surface area contributed by atoms with Crippen LogP contribution in [0.15, 0.2) is 24.0 Å². The van der Waals surface area contributed by atoms with Gasteiger partial charge in [0.15, 0.2) is 23.6 Å². The smallest absolute Gasteiger partial charge is 0.414 e. The number of likely N-dealkylation sites (tertiary alicyclic amines) is 1. The van der Waals surface area contributed by atoms with E-state index in [-0.39, 0.29) is 31.0 Å². The highest BCUT2D eigenvalue weighted by atomic mass is 16.6. The standard InChI is InChI=1S/C37H57N7O8/c1-34(2,3)52-32(46)42-23(11-10-17-40-31(38)39-6)30(45)41-20-35(4,5)21-44(8)33(47)50-25-14-15-37(48)26-19-22-12-13-24(49-9)28-27(22)36(37,29(25)51-28)16-18-43(26)7/h12-14,23,26,29,48H,10-11,15-21H2,1-9H3,(H,41,45)(H,42,46)(H3,38,39,40)/t23-,26+,29-,36-,37+/m0/s1. The molecule has 2 aliphatic heterocycles. The molecule has 1 saturated heterocycles. The molecular weight excluding hydrogens is 670 g/mol. The van der Waals surface area contributed by atoms with Crippen molar-refractivity contribution in [3.63, 3.8) is 0 Å². The van der Waals surface area contributed by atoms with Gasteiger partial charge in [0.25, 0.3) is 0 Å². The van der Waals surface area contributed by atoms with E-state index in [1.807, 2.05) is 27.0 Å². The predicted molar refractivity (Wildman–Crippen MR) is 195 cm³/mol. The number of hydrogen-bond donors (Lipinski definition) is 6. The van der Waals surface area contributed by atoms with Crippen LogP contribution >= 0.6 is 0 Å². The summed E-state index contributed by atoms with van der Waals surface area (Å²) in [6.07, 6.45) is 2.26. The Morgan fingerprint density at radius 1 is 1.19 bits per heavy atom. The van der Waals surface area contributed by atoms with Crippen LogP contribution in [-0.4, -0.2) is 123 Å². The average Bonchev–Trinajstić information content (AvgIpc) is 3.42. The number of nitrogens with zero attached hydrogens (tertiary/aromatic N) is 2. The lowest BCUT2D eigenvalue weighted by molar-refractivity contribution is -0.163. The molecule has 5 atom stereocenters. The molecule has 288 valence electrons. The van der Waals surface area contributed by atoms with Gasteiger partial charge in [-0.3, -0.25) is 10.2 Å². The minimum absolute atomic E-state index is 0.116. The summed E-state index contributed by atoms with van der Waals surface area (Å²) in [6, 6.07) is 2.97. The first kappa shape index (κ1) is 39.0. The number of likely N-dealkylation sites (N-methyl/N-ethyl adjacent to an activating group) is 1. The molecule has 15 nitrogen and oxygen atoms in total. The lowest BCUT2D eigenvalue weighted by Crippen LogP contribution is -2.74. The zero-order valence-electron chi connectivity index (χ0n) is 32.0. The fourth-order valence-electron chi connectivity index (χ4n) is 8.31. The molecule has 0 unspecified atom stereocenters. The Kier molecular flexibility index (Phi) is 11.0. The number of alkyl carbamates (subject to hydrolysis) is 1. The van der Waals surface area contributed by atoms with Crippen LogP contribution in [0.1, 0.15) is 71.4 Å². The monoisotopic (exact) mass is 727 g/mol. The van der Waals surface area contributed by atoms with Gasteiger partial charge in [0.1, 0.15) is 17.4 Å². The van der Waals surface area contributed by atoms with E-state index in [1.54, 1.807) is 48.1 Å². The number of ether oxygens (including phenoxy) is 4. The van der Waals surface area contributed by atoms with Crippen molar-refractivity contribution in [3.05, 3.63) is 35.1 Å². The van der Waals surface area contributed by atoms with E-state index in [1.165, 1.54) is 4.90 Å². The Morgan fingerprint density at radius 2 is 1.92 bits per heavy atom. The predicted octanol–water partition coefficient (Wildman–Crippen LogP) is 2.60. The normalized spacial score (nSPS) is 25.0. The fourth-order valence-corrected chi connectivity index (χ4v) is 8.31. The molecule has 2 bridgehead atoms. The molecule has 2 aliphatic carbocycles. The van der Waals surface area contributed by atoms with E-state index in [2.05, 4.69) is 32.2 Å². The zero-order chi connectivity index (χ0) is 38.2. The van der Waals surface area contributed by atoms with Gasteiger partial charge < -0.3 is 55.1 Å². The van der Waals surface area contributed by atoms with Crippen LogP contribution in [0.4, 0.5) is 9.59 Å². The third-order valence-corrected chi connectivity index (χ3v) is 10.7. The molecule has 1 spiro atoms. The second-order valence-corrected chi connectivity index (χ2v) is 16.3. The van der Waals surface area contributed by atoms with E-state index in [4.69, 9.17) is 24.4 Å². The van der Waals surface area contributed by atoms with Crippen molar-refractivity contribution in [2.75, 3.05) is 54.4 Å². The van der Waals surface area contributed by atoms with Crippen LogP contribution < -0.4 is 30.7 Å². The number of piperidine rings is 1. The van der Waals surface area contributed by atoms with E-state index in [0.29, 0.717) is 55.9 Å². The van der Waals surface area contributed by atoms with Crippen molar-refractivity contribution < 1.29 is 38.4 Å². The number of rotatable bonds is 12. The third-order valence-electron chi connectivity index (χ3n) is 10.7. The third kappa shape index (κ3) is 7.47. The number of carbonyl (C=O) groups is 3. The van der Waals surface area contributed by atoms with Crippen LogP contribution in [0.3, 0.4) is 0 Å². The lowest BCUT2D eigenvalue weighted by atomic mass is 9.50. The van der Waals surface area contributed by atoms with Crippen molar-refractivity contribution >= 4 is 24.1 Å². The Bertz CT molecular complexity index is 1590. The van der Waals surface area contributed by atoms with Gasteiger partial charge in [-0.25, -0.2) is 9.59 Å². The number of methoxy groups -OCH3 is 1. The van der Waals surface area contributed by atoms with Crippen molar-refractivity contribution in [2.45, 2.75) is 102 Å². The highest BCUT2D eigenvalue weighted by molar-refractivity contribution is 5.85. The Morgan fingerprint density at radius 3 is 2.60 bits per heavy atom. The van der Waals surface area contributed by atoms with E-state index in [0.717, 1.165) is 17.7 Å². The first-order valence-corrected chi connectivity index (χ1v) is 18.1. The number of carbonyl (C=O) groups excluding carboxylic acids is 3. The average molecular weight is 728 g/mol. The van der Waals surface area contributed by atoms with Crippen LogP contribution in [0.5, 0.6) is 11.5 Å². The Labute approximate surface area is 306 Å². The van der Waals surface area contributed by atoms with Gasteiger partial charge in [-0.1, -0.05) is 19.9 Å². The van der Waals surface area contributed by atoms with Gasteiger partial charge >= 0.3 is 12.2 Å². The summed E-state index contributed by atoms with van der Waals surface area (Å²) in [5.74, 6) is 1.34. The molecular formula is C37H57N7O8. The van der Waals surface area contributed by atoms with Crippen molar-refractivity contribution in [2.24, 2.45) is 5.41 Å². The van der Waals surface area contributed by atoms with Gasteiger partial charge in [0.2, 0.25) is 5.91 Å². The topological polar surface area (TPSA) is 187 Å². The summed E-state index contributed by atoms with van der Waals surface area (Å²) in [6.45, 7) is 10.7. The largest absolute Gasteiger partial charge is 0.493 e. The van der Waals surface area contributed by atoms with Crippen molar-refractivity contribution in [1.29, 1.82) is 5.41 Å². The molecule has 0 aromatic heterocycles. The maximum atomic E-state index is 13.7. The highest BCUT2D eigenvalue weighted by Crippen LogP contribution is 2.65. The van der Waals surface area contributed by atoms with E-state index < -0.39 is 46.4 Å². The lowest BCUT2D eigenvalue weighted by Gasteiger charge is -2.61. The highest BCUT2D eigenvalue weighted by Gasteiger charge is 2.72. The Hall–Kier alpha value is -4.24. The minimum atomic E-state index is -1.11. The second kappa shape index (κ2) is 14.6. The molecule has 52 heavy (non-hydrogen) atoms. The van der Waals surface area contributed by atoms with Gasteiger partial charge in [-0.05, 0) is 83.2 Å². The second-order valence-electron chi connectivity index (χ2n) is 16.3. The summed E-state index contributed by atoms with van der Waals surface area (Å²) in [7, 11) is 6.92. The molecule has 6 N–H and O–H groups in total. The van der Waals surface area contributed by atoms with Crippen molar-refractivity contribution in [3.8, 4) is 11.5 Å². The summed E-state index contributed by atoms with van der Waals surface area (Å²) >= 11 is 0.